The molecule has 4 nitrogen and oxygen atoms in total. The molecule has 2 aromatic carbocycles. The van der Waals surface area contributed by atoms with Crippen molar-refractivity contribution in [2.45, 2.75) is 25.3 Å². The molecule has 3 aromatic rings. The maximum Gasteiger partial charge on any atom is 0.127 e. The van der Waals surface area contributed by atoms with Crippen molar-refractivity contribution in [1.29, 1.82) is 0 Å². The van der Waals surface area contributed by atoms with Crippen molar-refractivity contribution in [1.82, 2.24) is 9.78 Å². The summed E-state index contributed by atoms with van der Waals surface area (Å²) in [5.41, 5.74) is 2.30. The van der Waals surface area contributed by atoms with Crippen LogP contribution in [0.1, 0.15) is 25.3 Å². The number of fused-ring (bicyclic) bond motifs is 1. The molecule has 2 heterocycles. The quantitative estimate of drug-likeness (QED) is 0.691. The third-order valence-electron chi connectivity index (χ3n) is 5.20. The lowest BCUT2D eigenvalue weighted by molar-refractivity contribution is 0.167. The molecule has 1 aliphatic carbocycles. The van der Waals surface area contributed by atoms with Gasteiger partial charge in [-0.25, -0.2) is 0 Å². The van der Waals surface area contributed by atoms with E-state index in [2.05, 4.69) is 52.4 Å². The second-order valence-electron chi connectivity index (χ2n) is 7.14. The van der Waals surface area contributed by atoms with Crippen LogP contribution in [0.4, 0.5) is 0 Å². The van der Waals surface area contributed by atoms with Gasteiger partial charge in [-0.05, 0) is 36.1 Å². The molecule has 0 spiro atoms. The molecule has 1 saturated carbocycles. The van der Waals surface area contributed by atoms with Gasteiger partial charge in [0.1, 0.15) is 5.75 Å². The molecule has 4 heteroatoms. The number of hydrogen-bond donors (Lipinski definition) is 0. The Morgan fingerprint density at radius 1 is 1.12 bits per heavy atom. The minimum atomic E-state index is 0.494. The van der Waals surface area contributed by atoms with Crippen molar-refractivity contribution in [3.05, 3.63) is 48.8 Å². The second kappa shape index (κ2) is 6.19. The van der Waals surface area contributed by atoms with Gasteiger partial charge >= 0.3 is 0 Å². The summed E-state index contributed by atoms with van der Waals surface area (Å²) in [6.07, 6.45) is 7.71. The second-order valence-corrected chi connectivity index (χ2v) is 7.14. The van der Waals surface area contributed by atoms with Crippen LogP contribution in [0.2, 0.25) is 0 Å². The largest absolute Gasteiger partial charge is 0.493 e. The van der Waals surface area contributed by atoms with E-state index in [0.717, 1.165) is 36.5 Å². The fraction of sp³-hybridized carbons (Fsp3) is 0.381. The minimum absolute atomic E-state index is 0.494. The fourth-order valence-corrected chi connectivity index (χ4v) is 3.60. The maximum absolute atomic E-state index is 6.25. The van der Waals surface area contributed by atoms with Crippen LogP contribution in [0, 0.1) is 5.92 Å². The van der Waals surface area contributed by atoms with Crippen LogP contribution in [0.25, 0.3) is 21.9 Å². The highest BCUT2D eigenvalue weighted by molar-refractivity contribution is 5.99. The van der Waals surface area contributed by atoms with Gasteiger partial charge in [-0.3, -0.25) is 4.68 Å². The first-order chi connectivity index (χ1) is 12.4. The van der Waals surface area contributed by atoms with Gasteiger partial charge in [0.2, 0.25) is 0 Å². The van der Waals surface area contributed by atoms with Gasteiger partial charge in [-0.15, -0.1) is 0 Å². The molecular formula is C21H22N2O2. The Morgan fingerprint density at radius 3 is 2.88 bits per heavy atom. The number of hydrogen-bond acceptors (Lipinski definition) is 3. The molecule has 2 aliphatic rings. The predicted octanol–water partition coefficient (Wildman–Crippen LogP) is 4.45. The van der Waals surface area contributed by atoms with E-state index in [0.29, 0.717) is 18.6 Å². The lowest BCUT2D eigenvalue weighted by Crippen LogP contribution is -2.12. The summed E-state index contributed by atoms with van der Waals surface area (Å²) in [6.45, 7) is 2.37. The first-order valence-electron chi connectivity index (χ1n) is 9.15. The van der Waals surface area contributed by atoms with E-state index >= 15 is 0 Å². The topological polar surface area (TPSA) is 36.3 Å². The average Bonchev–Trinajstić information content (AvgIpc) is 3.17. The average molecular weight is 334 g/mol. The van der Waals surface area contributed by atoms with Crippen LogP contribution < -0.4 is 4.74 Å². The molecule has 1 aromatic heterocycles. The van der Waals surface area contributed by atoms with Gasteiger partial charge in [-0.2, -0.15) is 5.10 Å². The molecule has 1 atom stereocenters. The van der Waals surface area contributed by atoms with E-state index in [4.69, 9.17) is 9.47 Å². The van der Waals surface area contributed by atoms with E-state index in [1.54, 1.807) is 0 Å². The Labute approximate surface area is 147 Å². The van der Waals surface area contributed by atoms with Gasteiger partial charge < -0.3 is 9.47 Å². The first kappa shape index (κ1) is 15.0. The summed E-state index contributed by atoms with van der Waals surface area (Å²) < 4.78 is 13.8. The van der Waals surface area contributed by atoms with Crippen molar-refractivity contribution in [3.8, 4) is 16.9 Å². The zero-order chi connectivity index (χ0) is 16.6. The zero-order valence-electron chi connectivity index (χ0n) is 14.2. The molecule has 0 radical (unpaired) electrons. The Bertz CT molecular complexity index is 892. The van der Waals surface area contributed by atoms with Gasteiger partial charge in [-0.1, -0.05) is 30.3 Å². The van der Waals surface area contributed by atoms with Crippen LogP contribution in [-0.4, -0.2) is 29.6 Å². The normalized spacial score (nSPS) is 20.2. The molecule has 0 bridgehead atoms. The van der Waals surface area contributed by atoms with Crippen molar-refractivity contribution < 1.29 is 9.47 Å². The van der Waals surface area contributed by atoms with Crippen LogP contribution in [0.3, 0.4) is 0 Å². The Morgan fingerprint density at radius 2 is 2.04 bits per heavy atom. The minimum Gasteiger partial charge on any atom is -0.493 e. The van der Waals surface area contributed by atoms with Crippen LogP contribution in [0.5, 0.6) is 5.75 Å². The third kappa shape index (κ3) is 2.91. The maximum atomic E-state index is 6.25. The molecule has 0 N–H and O–H groups in total. The lowest BCUT2D eigenvalue weighted by Gasteiger charge is -2.15. The van der Waals surface area contributed by atoms with Gasteiger partial charge in [0, 0.05) is 29.8 Å². The van der Waals surface area contributed by atoms with Crippen molar-refractivity contribution >= 4 is 10.8 Å². The summed E-state index contributed by atoms with van der Waals surface area (Å²) >= 11 is 0. The van der Waals surface area contributed by atoms with Crippen LogP contribution >= 0.6 is 0 Å². The van der Waals surface area contributed by atoms with Crippen LogP contribution in [0.15, 0.2) is 48.8 Å². The summed E-state index contributed by atoms with van der Waals surface area (Å²) in [5.74, 6) is 1.44. The Hall–Kier alpha value is -2.33. The number of aromatic nitrogens is 2. The van der Waals surface area contributed by atoms with Crippen molar-refractivity contribution in [2.75, 3.05) is 19.8 Å². The molecule has 1 aliphatic heterocycles. The fourth-order valence-electron chi connectivity index (χ4n) is 3.60. The molecule has 0 amide bonds. The molecule has 5 rings (SSSR count). The van der Waals surface area contributed by atoms with Crippen molar-refractivity contribution in [3.63, 3.8) is 0 Å². The van der Waals surface area contributed by atoms with E-state index < -0.39 is 0 Å². The zero-order valence-corrected chi connectivity index (χ0v) is 14.2. The highest BCUT2D eigenvalue weighted by Gasteiger charge is 2.25. The van der Waals surface area contributed by atoms with E-state index in [-0.39, 0.29) is 0 Å². The van der Waals surface area contributed by atoms with Gasteiger partial charge in [0.25, 0.3) is 0 Å². The van der Waals surface area contributed by atoms with Gasteiger partial charge in [0.15, 0.2) is 0 Å². The summed E-state index contributed by atoms with van der Waals surface area (Å²) in [6, 6.07) is 13.3. The number of nitrogens with zero attached hydrogens (tertiary/aromatic N) is 2. The molecule has 1 saturated heterocycles. The van der Waals surface area contributed by atoms with Gasteiger partial charge in [0.05, 0.1) is 25.5 Å². The highest BCUT2D eigenvalue weighted by atomic mass is 16.5. The number of rotatable bonds is 5. The SMILES string of the molecule is c1ccc2c(-c3cnn(C4CC4)c3)c(OCC3CCOC3)ccc2c1. The predicted molar refractivity (Wildman–Crippen MR) is 97.9 cm³/mol. The monoisotopic (exact) mass is 334 g/mol. The standard InChI is InChI=1S/C21H22N2O2/c1-2-4-19-16(3-1)5-8-20(25-14-15-9-10-24-13-15)21(19)17-11-22-23(12-17)18-6-7-18/h1-5,8,11-12,15,18H,6-7,9-10,13-14H2. The summed E-state index contributed by atoms with van der Waals surface area (Å²) in [5, 5.41) is 7.03. The van der Waals surface area contributed by atoms with E-state index in [9.17, 15) is 0 Å². The lowest BCUT2D eigenvalue weighted by atomic mass is 9.99. The highest BCUT2D eigenvalue weighted by Crippen LogP contribution is 2.40. The molecule has 25 heavy (non-hydrogen) atoms. The molecular weight excluding hydrogens is 312 g/mol. The van der Waals surface area contributed by atoms with Crippen LogP contribution in [-0.2, 0) is 4.74 Å². The first-order valence-corrected chi connectivity index (χ1v) is 9.15. The molecule has 128 valence electrons. The number of benzene rings is 2. The molecule has 1 unspecified atom stereocenters. The Balaban J connectivity index is 1.55. The van der Waals surface area contributed by atoms with Crippen molar-refractivity contribution in [2.24, 2.45) is 5.92 Å². The molecule has 2 fully saturated rings. The smallest absolute Gasteiger partial charge is 0.127 e. The van der Waals surface area contributed by atoms with E-state index in [1.807, 2.05) is 6.20 Å². The third-order valence-corrected chi connectivity index (χ3v) is 5.20. The van der Waals surface area contributed by atoms with E-state index in [1.165, 1.54) is 23.6 Å². The summed E-state index contributed by atoms with van der Waals surface area (Å²) in [7, 11) is 0. The Kier molecular flexibility index (Phi) is 3.71. The summed E-state index contributed by atoms with van der Waals surface area (Å²) in [4.78, 5) is 0. The number of ether oxygens (including phenoxy) is 2.